The van der Waals surface area contributed by atoms with Crippen LogP contribution in [0.15, 0.2) is 35.7 Å². The molecule has 2 amide bonds. The predicted octanol–water partition coefficient (Wildman–Crippen LogP) is 4.20. The zero-order valence-electron chi connectivity index (χ0n) is 13.7. The van der Waals surface area contributed by atoms with E-state index < -0.39 is 5.82 Å². The fourth-order valence-electron chi connectivity index (χ4n) is 2.73. The average molecular weight is 359 g/mol. The van der Waals surface area contributed by atoms with Crippen LogP contribution < -0.4 is 10.6 Å². The maximum Gasteiger partial charge on any atom is 0.226 e. The third-order valence-corrected chi connectivity index (χ3v) is 4.63. The number of hydrogen-bond acceptors (Lipinski definition) is 4. The molecule has 130 valence electrons. The summed E-state index contributed by atoms with van der Waals surface area (Å²) in [7, 11) is 0. The number of carbonyl (C=O) groups excluding carboxylic acids is 2. The topological polar surface area (TPSA) is 71.1 Å². The summed E-state index contributed by atoms with van der Waals surface area (Å²) >= 11 is 1.26. The van der Waals surface area contributed by atoms with Crippen LogP contribution in [-0.4, -0.2) is 16.8 Å². The zero-order valence-corrected chi connectivity index (χ0v) is 14.5. The summed E-state index contributed by atoms with van der Waals surface area (Å²) < 4.78 is 14.2. The summed E-state index contributed by atoms with van der Waals surface area (Å²) in [6, 6.07) is 4.43. The van der Waals surface area contributed by atoms with Crippen LogP contribution >= 0.6 is 11.3 Å². The average Bonchev–Trinajstić information content (AvgIpc) is 3.19. The number of benzene rings is 1. The maximum absolute atomic E-state index is 14.2. The van der Waals surface area contributed by atoms with E-state index in [9.17, 15) is 14.0 Å². The highest BCUT2D eigenvalue weighted by Gasteiger charge is 2.16. The lowest BCUT2D eigenvalue weighted by atomic mass is 10.1. The molecule has 1 aliphatic rings. The van der Waals surface area contributed by atoms with E-state index >= 15 is 0 Å². The van der Waals surface area contributed by atoms with Gasteiger partial charge in [0.2, 0.25) is 11.8 Å². The summed E-state index contributed by atoms with van der Waals surface area (Å²) in [6.45, 7) is 1.36. The molecule has 0 unspecified atom stereocenters. The lowest BCUT2D eigenvalue weighted by molar-refractivity contribution is -0.117. The van der Waals surface area contributed by atoms with Crippen molar-refractivity contribution in [2.45, 2.75) is 26.2 Å². The molecule has 0 fully saturated rings. The van der Waals surface area contributed by atoms with Crippen molar-refractivity contribution in [2.75, 3.05) is 10.6 Å². The Hall–Kier alpha value is -2.54. The Labute approximate surface area is 149 Å². The number of nitrogens with zero attached hydrogens (tertiary/aromatic N) is 1. The van der Waals surface area contributed by atoms with Crippen LogP contribution in [0.25, 0.3) is 11.3 Å². The lowest BCUT2D eigenvalue weighted by Crippen LogP contribution is -2.14. The van der Waals surface area contributed by atoms with Gasteiger partial charge in [-0.05, 0) is 37.0 Å². The first-order valence-corrected chi connectivity index (χ1v) is 8.89. The van der Waals surface area contributed by atoms with Gasteiger partial charge in [0.15, 0.2) is 5.13 Å². The van der Waals surface area contributed by atoms with Gasteiger partial charge in [0, 0.05) is 30.0 Å². The normalized spacial score (nSPS) is 16.0. The SMILES string of the molecule is CC(=O)Nc1ccc(-c2csc(NC(=O)C[C@@H]3C=CCC3)n2)c(F)c1. The summed E-state index contributed by atoms with van der Waals surface area (Å²) in [5.74, 6) is -0.537. The van der Waals surface area contributed by atoms with E-state index in [4.69, 9.17) is 0 Å². The number of allylic oxidation sites excluding steroid dienone is 2. The molecule has 7 heteroatoms. The summed E-state index contributed by atoms with van der Waals surface area (Å²) in [6.07, 6.45) is 6.62. The molecule has 2 aromatic rings. The first kappa shape index (κ1) is 17.3. The molecule has 3 rings (SSSR count). The Morgan fingerprint density at radius 1 is 1.36 bits per heavy atom. The third kappa shape index (κ3) is 4.51. The highest BCUT2D eigenvalue weighted by atomic mass is 32.1. The molecule has 1 atom stereocenters. The Morgan fingerprint density at radius 3 is 2.88 bits per heavy atom. The molecule has 25 heavy (non-hydrogen) atoms. The predicted molar refractivity (Wildman–Crippen MR) is 96.9 cm³/mol. The number of hydrogen-bond donors (Lipinski definition) is 2. The highest BCUT2D eigenvalue weighted by molar-refractivity contribution is 7.14. The Balaban J connectivity index is 1.67. The van der Waals surface area contributed by atoms with E-state index in [1.54, 1.807) is 17.5 Å². The van der Waals surface area contributed by atoms with Crippen molar-refractivity contribution in [2.24, 2.45) is 5.92 Å². The fourth-order valence-corrected chi connectivity index (χ4v) is 3.46. The Kier molecular flexibility index (Phi) is 5.23. The van der Waals surface area contributed by atoms with Crippen molar-refractivity contribution in [1.82, 2.24) is 4.98 Å². The highest BCUT2D eigenvalue weighted by Crippen LogP contribution is 2.29. The first-order chi connectivity index (χ1) is 12.0. The van der Waals surface area contributed by atoms with E-state index in [-0.39, 0.29) is 17.7 Å². The first-order valence-electron chi connectivity index (χ1n) is 8.01. The minimum absolute atomic E-state index is 0.0843. The molecule has 0 saturated carbocycles. The second-order valence-electron chi connectivity index (χ2n) is 5.93. The molecule has 1 aromatic carbocycles. The molecular formula is C18H18FN3O2S. The van der Waals surface area contributed by atoms with Crippen LogP contribution in [0.2, 0.25) is 0 Å². The molecule has 2 N–H and O–H groups in total. The molecule has 1 aliphatic carbocycles. The van der Waals surface area contributed by atoms with Gasteiger partial charge in [-0.2, -0.15) is 0 Å². The largest absolute Gasteiger partial charge is 0.326 e. The van der Waals surface area contributed by atoms with Crippen molar-refractivity contribution in [3.05, 3.63) is 41.5 Å². The number of amides is 2. The van der Waals surface area contributed by atoms with E-state index in [1.165, 1.54) is 24.3 Å². The maximum atomic E-state index is 14.2. The minimum Gasteiger partial charge on any atom is -0.326 e. The van der Waals surface area contributed by atoms with Gasteiger partial charge in [-0.15, -0.1) is 11.3 Å². The van der Waals surface area contributed by atoms with Crippen LogP contribution in [0.5, 0.6) is 0 Å². The van der Waals surface area contributed by atoms with Crippen LogP contribution in [0.3, 0.4) is 0 Å². The second-order valence-corrected chi connectivity index (χ2v) is 6.79. The van der Waals surface area contributed by atoms with Gasteiger partial charge >= 0.3 is 0 Å². The van der Waals surface area contributed by atoms with Crippen LogP contribution in [0, 0.1) is 11.7 Å². The Bertz CT molecular complexity index is 831. The van der Waals surface area contributed by atoms with Crippen molar-refractivity contribution in [3.8, 4) is 11.3 Å². The second kappa shape index (κ2) is 7.57. The minimum atomic E-state index is -0.481. The van der Waals surface area contributed by atoms with E-state index in [1.807, 2.05) is 0 Å². The number of rotatable bonds is 5. The number of thiazole rings is 1. The van der Waals surface area contributed by atoms with Crippen molar-refractivity contribution in [1.29, 1.82) is 0 Å². The number of nitrogens with one attached hydrogen (secondary N) is 2. The summed E-state index contributed by atoms with van der Waals surface area (Å²) in [5, 5.41) is 7.45. The monoisotopic (exact) mass is 359 g/mol. The fraction of sp³-hybridized carbons (Fsp3) is 0.278. The van der Waals surface area contributed by atoms with Crippen LogP contribution in [0.4, 0.5) is 15.2 Å². The molecule has 0 spiro atoms. The molecule has 0 aliphatic heterocycles. The number of halogens is 1. The zero-order chi connectivity index (χ0) is 17.8. The number of carbonyl (C=O) groups is 2. The quantitative estimate of drug-likeness (QED) is 0.786. The van der Waals surface area contributed by atoms with Crippen LogP contribution in [-0.2, 0) is 9.59 Å². The standard InChI is InChI=1S/C18H18FN3O2S/c1-11(23)20-13-6-7-14(15(19)9-13)16-10-25-18(21-16)22-17(24)8-12-4-2-3-5-12/h2,4,6-7,9-10,12H,3,5,8H2,1H3,(H,20,23)(H,21,22,24)/t12-/m1/s1. The lowest BCUT2D eigenvalue weighted by Gasteiger charge is -2.06. The van der Waals surface area contributed by atoms with E-state index in [0.717, 1.165) is 12.8 Å². The van der Waals surface area contributed by atoms with Gasteiger partial charge in [0.25, 0.3) is 0 Å². The van der Waals surface area contributed by atoms with Gasteiger partial charge in [0.1, 0.15) is 5.82 Å². The molecule has 1 heterocycles. The van der Waals surface area contributed by atoms with Crippen molar-refractivity contribution in [3.63, 3.8) is 0 Å². The molecule has 0 radical (unpaired) electrons. The molecule has 5 nitrogen and oxygen atoms in total. The van der Waals surface area contributed by atoms with Gasteiger partial charge in [0.05, 0.1) is 5.69 Å². The summed E-state index contributed by atoms with van der Waals surface area (Å²) in [4.78, 5) is 27.3. The number of aromatic nitrogens is 1. The summed E-state index contributed by atoms with van der Waals surface area (Å²) in [5.41, 5.74) is 1.17. The third-order valence-electron chi connectivity index (χ3n) is 3.88. The molecule has 1 aromatic heterocycles. The van der Waals surface area contributed by atoms with Crippen molar-refractivity contribution < 1.29 is 14.0 Å². The molecule has 0 saturated heterocycles. The van der Waals surface area contributed by atoms with Crippen LogP contribution in [0.1, 0.15) is 26.2 Å². The molecule has 0 bridgehead atoms. The van der Waals surface area contributed by atoms with E-state index in [0.29, 0.717) is 28.5 Å². The number of anilines is 2. The Morgan fingerprint density at radius 2 is 2.20 bits per heavy atom. The molecular weight excluding hydrogens is 341 g/mol. The van der Waals surface area contributed by atoms with E-state index in [2.05, 4.69) is 27.8 Å². The van der Waals surface area contributed by atoms with Crippen molar-refractivity contribution >= 4 is 34.0 Å². The van der Waals surface area contributed by atoms with Gasteiger partial charge in [-0.3, -0.25) is 9.59 Å². The van der Waals surface area contributed by atoms with Gasteiger partial charge < -0.3 is 10.6 Å². The van der Waals surface area contributed by atoms with Gasteiger partial charge in [-0.25, -0.2) is 9.37 Å². The smallest absolute Gasteiger partial charge is 0.226 e. The van der Waals surface area contributed by atoms with Gasteiger partial charge in [-0.1, -0.05) is 12.2 Å².